The molecular weight excluding hydrogens is 1860 g/mol. The zero-order valence-corrected chi connectivity index (χ0v) is 96.9. The summed E-state index contributed by atoms with van der Waals surface area (Å²) in [6, 6.07) is 106. The molecule has 2 N–H and O–H groups in total. The quantitative estimate of drug-likeness (QED) is 0.0395. The third kappa shape index (κ3) is 22.8. The molecule has 15 rings (SSSR count). The van der Waals surface area contributed by atoms with Gasteiger partial charge >= 0.3 is 286 Å². The number of carbonyl (C=O) groups is 2. The second kappa shape index (κ2) is 46.5. The zero-order chi connectivity index (χ0) is 107. The number of amides is 2. The molecule has 765 valence electrons. The Kier molecular flexibility index (Phi) is 34.5. The van der Waals surface area contributed by atoms with E-state index in [-0.39, 0.29) is 112 Å². The molecule has 15 aromatic carbocycles. The summed E-state index contributed by atoms with van der Waals surface area (Å²) in [5.41, 5.74) is 52.2. The first-order chi connectivity index (χ1) is 70.4. The first-order valence-electron chi connectivity index (χ1n) is 55.6. The molecule has 5 heteroatoms. The Morgan fingerprint density at radius 1 is 0.189 bits per heavy atom. The Balaban J connectivity index is 1.17. The van der Waals surface area contributed by atoms with E-state index < -0.39 is 6.04 Å². The van der Waals surface area contributed by atoms with Gasteiger partial charge in [-0.3, -0.25) is 0 Å². The molecule has 0 bridgehead atoms. The summed E-state index contributed by atoms with van der Waals surface area (Å²) in [6.07, 6.45) is 0. The summed E-state index contributed by atoms with van der Waals surface area (Å²) < 4.78 is 0. The topological polar surface area (TPSA) is 58.2 Å². The normalized spacial score (nSPS) is 12.3. The van der Waals surface area contributed by atoms with Gasteiger partial charge in [0.1, 0.15) is 0 Å². The summed E-state index contributed by atoms with van der Waals surface area (Å²) in [5, 5.41) is 6.69. The van der Waals surface area contributed by atoms with Crippen LogP contribution in [0.15, 0.2) is 273 Å². The molecule has 4 nitrogen and oxygen atoms in total. The number of carbonyl (C=O) groups excluding carboxylic acids is 2. The van der Waals surface area contributed by atoms with E-state index in [4.69, 9.17) is 0 Å². The van der Waals surface area contributed by atoms with Crippen LogP contribution in [0.2, 0.25) is 5.32 Å². The van der Waals surface area contributed by atoms with Crippen LogP contribution in [0.3, 0.4) is 0 Å². The van der Waals surface area contributed by atoms with Crippen LogP contribution >= 0.6 is 0 Å². The number of rotatable bonds is 34. The van der Waals surface area contributed by atoms with Crippen molar-refractivity contribution < 1.29 is 9.59 Å². The van der Waals surface area contributed by atoms with Gasteiger partial charge in [0.25, 0.3) is 0 Å². The molecule has 0 aliphatic rings. The van der Waals surface area contributed by atoms with E-state index >= 15 is 4.79 Å². The second-order valence-corrected chi connectivity index (χ2v) is 48.0. The summed E-state index contributed by atoms with van der Waals surface area (Å²) in [4.78, 5) is 32.6. The van der Waals surface area contributed by atoms with Gasteiger partial charge in [-0.15, -0.1) is 0 Å². The predicted molar refractivity (Wildman–Crippen MR) is 644 cm³/mol. The van der Waals surface area contributed by atoms with E-state index in [1.165, 1.54) is 134 Å². The Morgan fingerprint density at radius 2 is 0.311 bits per heavy atom. The Labute approximate surface area is 899 Å². The molecule has 1 radical (unpaired) electrons. The molecule has 0 heterocycles. The van der Waals surface area contributed by atoms with Crippen LogP contribution in [0.1, 0.15) is 416 Å². The molecule has 0 saturated heterocycles. The predicted octanol–water partition coefficient (Wildman–Crippen LogP) is 41.4. The number of nitrogens with one attached hydrogen (secondary N) is 2. The molecular formula is C143H165N2O2Se. The first kappa shape index (κ1) is 110. The number of benzene rings is 15. The third-order valence-corrected chi connectivity index (χ3v) is 31.9. The minimum absolute atomic E-state index is 0.207. The van der Waals surface area contributed by atoms with Gasteiger partial charge in [0.2, 0.25) is 0 Å². The molecule has 15 aromatic rings. The second-order valence-electron chi connectivity index (χ2n) is 47.3. The van der Waals surface area contributed by atoms with Crippen molar-refractivity contribution in [3.05, 3.63) is 368 Å². The summed E-state index contributed by atoms with van der Waals surface area (Å²) >= 11 is 3.22. The van der Waals surface area contributed by atoms with Crippen LogP contribution in [0.25, 0.3) is 156 Å². The van der Waals surface area contributed by atoms with E-state index in [1.807, 2.05) is 0 Å². The minimum atomic E-state index is -0.947. The summed E-state index contributed by atoms with van der Waals surface area (Å²) in [6.45, 7) is 75.1. The molecule has 0 saturated carbocycles. The maximum atomic E-state index is 17.7. The van der Waals surface area contributed by atoms with E-state index in [0.29, 0.717) is 5.56 Å². The standard InChI is InChI=1S/C143H165N2O2Se/c1-80(2)114-43-34-44-115(81(3)4)133(114)106-67-100(68-107(75-106)134-116(82(5)6)45-35-46-117(134)83(7)8)96-61-97(101-69-108(135-118(84(9)10)47-36-48-119(135)85(11)12)76-109(70-101)136-120(86(13)14)49-37-50-121(136)87(15)16)64-104(63-96)130-59-42-60-131(141(130)143(147)145-132(79-148)142(146)144-33)105-65-98(102-71-110(137-122(88(17)18)51-38-52-123(137)89(19)20)77-111(72-102)138-124(90(21)22)53-39-54-125(138)91(23)24)62-99(66-105)103-73-112(139-126(92(25)26)55-40-56-127(139)93(27)28)78-113(74-103)140-128(94(29)30)57-41-58-129(140)95(31)32/h34-78,80-95,132H,79H2,1-33H3,(H,144,146)(H,145,147)/t132-/m0/s1. The molecule has 0 spiro atoms. The van der Waals surface area contributed by atoms with Gasteiger partial charge in [0, 0.05) is 0 Å². The summed E-state index contributed by atoms with van der Waals surface area (Å²) in [7, 11) is 1.66. The molecule has 0 aliphatic heterocycles. The van der Waals surface area contributed by atoms with E-state index in [9.17, 15) is 4.79 Å². The summed E-state index contributed by atoms with van der Waals surface area (Å²) in [5.74, 6) is 2.64. The molecule has 0 unspecified atom stereocenters. The van der Waals surface area contributed by atoms with Crippen LogP contribution in [0.4, 0.5) is 0 Å². The molecule has 0 aliphatic carbocycles. The number of hydrogen-bond donors (Lipinski definition) is 2. The first-order valence-corrected chi connectivity index (χ1v) is 56.8. The van der Waals surface area contributed by atoms with Gasteiger partial charge in [-0.1, -0.05) is 367 Å². The van der Waals surface area contributed by atoms with Crippen molar-refractivity contribution >= 4 is 27.8 Å². The van der Waals surface area contributed by atoms with Gasteiger partial charge in [-0.2, -0.15) is 0 Å². The Morgan fingerprint density at radius 3 is 0.439 bits per heavy atom. The fraction of sp³-hybridized carbons (Fsp3) is 0.357. The average molecular weight is 2020 g/mol. The van der Waals surface area contributed by atoms with E-state index in [1.54, 1.807) is 7.05 Å². The fourth-order valence-electron chi connectivity index (χ4n) is 23.5. The average Bonchev–Trinajstić information content (AvgIpc) is 0.743. The van der Waals surface area contributed by atoms with Gasteiger partial charge in [0.15, 0.2) is 0 Å². The molecule has 0 aromatic heterocycles. The Hall–Kier alpha value is -12.2. The van der Waals surface area contributed by atoms with Crippen LogP contribution in [-0.2, 0) is 4.79 Å². The molecule has 1 atom stereocenters. The fourth-order valence-corrected chi connectivity index (χ4v) is 24.0. The van der Waals surface area contributed by atoms with Crippen LogP contribution in [0.5, 0.6) is 0 Å². The van der Waals surface area contributed by atoms with Crippen LogP contribution < -0.4 is 10.6 Å². The van der Waals surface area contributed by atoms with Gasteiger partial charge in [-0.25, -0.2) is 0 Å². The van der Waals surface area contributed by atoms with E-state index in [2.05, 4.69) is 521 Å². The van der Waals surface area contributed by atoms with E-state index in [0.717, 1.165) is 111 Å². The van der Waals surface area contributed by atoms with Crippen molar-refractivity contribution in [2.75, 3.05) is 7.05 Å². The van der Waals surface area contributed by atoms with Crippen molar-refractivity contribution in [2.45, 2.75) is 328 Å². The third-order valence-electron chi connectivity index (χ3n) is 31.2. The zero-order valence-electron chi connectivity index (χ0n) is 95.2. The number of likely N-dealkylation sites (N-methyl/N-ethyl adjacent to an activating group) is 1. The van der Waals surface area contributed by atoms with Crippen molar-refractivity contribution in [1.82, 2.24) is 10.6 Å². The molecule has 2 amide bonds. The van der Waals surface area contributed by atoms with Crippen LogP contribution in [0, 0.1) is 0 Å². The van der Waals surface area contributed by atoms with Crippen molar-refractivity contribution in [2.24, 2.45) is 0 Å². The van der Waals surface area contributed by atoms with Crippen molar-refractivity contribution in [3.63, 3.8) is 0 Å². The number of hydrogen-bond acceptors (Lipinski definition) is 2. The monoisotopic (exact) mass is 2020 g/mol. The maximum absolute atomic E-state index is 17.7. The van der Waals surface area contributed by atoms with Crippen molar-refractivity contribution in [3.8, 4) is 156 Å². The van der Waals surface area contributed by atoms with Crippen molar-refractivity contribution in [1.29, 1.82) is 0 Å². The molecule has 148 heavy (non-hydrogen) atoms. The van der Waals surface area contributed by atoms with Gasteiger partial charge < -0.3 is 0 Å². The van der Waals surface area contributed by atoms with Crippen LogP contribution in [-0.4, -0.2) is 40.9 Å². The van der Waals surface area contributed by atoms with Gasteiger partial charge in [0.05, 0.1) is 0 Å². The SMILES string of the molecule is CNC(=O)[C@H](C[Se])NC(=O)c1c(-c2cc(-c3cc(-c4c(C(C)C)cccc4C(C)C)cc(-c4c(C(C)C)cccc4C(C)C)c3)cc(-c3cc(-c4c(C(C)C)cccc4C(C)C)cc(-c4c(C(C)C)cccc4C(C)C)c3)c2)cccc1-c1cc(-c2cc(-c3c(C(C)C)cccc3C(C)C)cc(-c3c(C(C)C)cccc3C(C)C)c2)cc(-c2cc(-c3c(C(C)C)cccc3C(C)C)cc(-c3c(C(C)C)cccc3C(C)C)c2)c1. The van der Waals surface area contributed by atoms with Gasteiger partial charge in [-0.05, 0) is 252 Å². The Bertz CT molecular complexity index is 6070. The molecule has 0 fully saturated rings.